The van der Waals surface area contributed by atoms with E-state index in [-0.39, 0.29) is 17.7 Å². The molecule has 0 aliphatic carbocycles. The van der Waals surface area contributed by atoms with Gasteiger partial charge in [-0.2, -0.15) is 0 Å². The van der Waals surface area contributed by atoms with Crippen LogP contribution in [0, 0.1) is 6.92 Å². The van der Waals surface area contributed by atoms with E-state index in [1.807, 2.05) is 37.3 Å². The summed E-state index contributed by atoms with van der Waals surface area (Å²) in [5.74, 6) is 0.904. The van der Waals surface area contributed by atoms with Gasteiger partial charge in [-0.3, -0.25) is 14.5 Å². The molecule has 2 aromatic rings. The standard InChI is InChI=1S/C20H18BrNO4S/c1-12-8-16(25-2)17(26-3)9-14(12)10-18-19(23)22(20(24)27-18)11-13-4-6-15(21)7-5-13/h4-10H,11H2,1-3H3/b18-10-. The fraction of sp³-hybridized carbons (Fsp3) is 0.200. The monoisotopic (exact) mass is 447 g/mol. The van der Waals surface area contributed by atoms with E-state index < -0.39 is 0 Å². The topological polar surface area (TPSA) is 55.8 Å². The summed E-state index contributed by atoms with van der Waals surface area (Å²) >= 11 is 4.33. The van der Waals surface area contributed by atoms with E-state index in [9.17, 15) is 9.59 Å². The minimum Gasteiger partial charge on any atom is -0.493 e. The number of amides is 2. The van der Waals surface area contributed by atoms with Crippen molar-refractivity contribution in [2.24, 2.45) is 0 Å². The van der Waals surface area contributed by atoms with Crippen LogP contribution in [0.25, 0.3) is 6.08 Å². The van der Waals surface area contributed by atoms with Crippen molar-refractivity contribution in [2.45, 2.75) is 13.5 Å². The third kappa shape index (κ3) is 4.20. The number of ether oxygens (including phenoxy) is 2. The van der Waals surface area contributed by atoms with Crippen LogP contribution < -0.4 is 9.47 Å². The largest absolute Gasteiger partial charge is 0.493 e. The molecule has 0 atom stereocenters. The number of nitrogens with zero attached hydrogens (tertiary/aromatic N) is 1. The highest BCUT2D eigenvalue weighted by Crippen LogP contribution is 2.36. The van der Waals surface area contributed by atoms with Gasteiger partial charge in [-0.15, -0.1) is 0 Å². The highest BCUT2D eigenvalue weighted by molar-refractivity contribution is 9.10. The Morgan fingerprint density at radius 2 is 1.70 bits per heavy atom. The molecule has 3 rings (SSSR count). The number of aryl methyl sites for hydroxylation is 1. The van der Waals surface area contributed by atoms with Gasteiger partial charge < -0.3 is 9.47 Å². The van der Waals surface area contributed by atoms with Crippen LogP contribution in [-0.4, -0.2) is 30.3 Å². The maximum Gasteiger partial charge on any atom is 0.293 e. The number of methoxy groups -OCH3 is 2. The molecule has 0 bridgehead atoms. The van der Waals surface area contributed by atoms with E-state index in [4.69, 9.17) is 9.47 Å². The van der Waals surface area contributed by atoms with Crippen LogP contribution in [0.2, 0.25) is 0 Å². The average Bonchev–Trinajstić information content (AvgIpc) is 2.92. The molecule has 1 fully saturated rings. The number of halogens is 1. The van der Waals surface area contributed by atoms with Crippen LogP contribution in [0.15, 0.2) is 45.8 Å². The first-order valence-corrected chi connectivity index (χ1v) is 9.76. The normalized spacial score (nSPS) is 15.6. The van der Waals surface area contributed by atoms with Crippen molar-refractivity contribution in [3.63, 3.8) is 0 Å². The second-order valence-corrected chi connectivity index (χ2v) is 7.87. The molecule has 0 radical (unpaired) electrons. The molecule has 0 saturated carbocycles. The molecule has 140 valence electrons. The molecular formula is C20H18BrNO4S. The summed E-state index contributed by atoms with van der Waals surface area (Å²) in [6.45, 7) is 2.17. The summed E-state index contributed by atoms with van der Waals surface area (Å²) in [5.41, 5.74) is 2.62. The lowest BCUT2D eigenvalue weighted by molar-refractivity contribution is -0.123. The fourth-order valence-corrected chi connectivity index (χ4v) is 3.80. The summed E-state index contributed by atoms with van der Waals surface area (Å²) in [6, 6.07) is 11.2. The first-order valence-electron chi connectivity index (χ1n) is 8.15. The van der Waals surface area contributed by atoms with Crippen molar-refractivity contribution in [3.05, 3.63) is 62.5 Å². The van der Waals surface area contributed by atoms with Gasteiger partial charge in [0.25, 0.3) is 11.1 Å². The number of imide groups is 1. The van der Waals surface area contributed by atoms with Gasteiger partial charge in [-0.1, -0.05) is 28.1 Å². The van der Waals surface area contributed by atoms with Crippen LogP contribution in [-0.2, 0) is 11.3 Å². The Labute approximate surface area is 170 Å². The van der Waals surface area contributed by atoms with Gasteiger partial charge in [0.15, 0.2) is 11.5 Å². The molecule has 1 heterocycles. The molecule has 2 aromatic carbocycles. The molecule has 1 aliphatic heterocycles. The van der Waals surface area contributed by atoms with Gasteiger partial charge in [0.1, 0.15) is 0 Å². The Kier molecular flexibility index (Phi) is 5.92. The van der Waals surface area contributed by atoms with Crippen molar-refractivity contribution in [1.29, 1.82) is 0 Å². The van der Waals surface area contributed by atoms with E-state index in [2.05, 4.69) is 15.9 Å². The second-order valence-electron chi connectivity index (χ2n) is 5.96. The lowest BCUT2D eigenvalue weighted by atomic mass is 10.1. The Morgan fingerprint density at radius 1 is 1.07 bits per heavy atom. The number of benzene rings is 2. The lowest BCUT2D eigenvalue weighted by Gasteiger charge is -2.13. The molecule has 0 N–H and O–H groups in total. The summed E-state index contributed by atoms with van der Waals surface area (Å²) in [7, 11) is 3.13. The van der Waals surface area contributed by atoms with E-state index in [0.29, 0.717) is 16.4 Å². The number of hydrogen-bond donors (Lipinski definition) is 0. The summed E-state index contributed by atoms with van der Waals surface area (Å²) < 4.78 is 11.6. The van der Waals surface area contributed by atoms with Gasteiger partial charge in [-0.25, -0.2) is 0 Å². The fourth-order valence-electron chi connectivity index (χ4n) is 2.70. The van der Waals surface area contributed by atoms with Crippen LogP contribution in [0.1, 0.15) is 16.7 Å². The van der Waals surface area contributed by atoms with Crippen LogP contribution in [0.3, 0.4) is 0 Å². The molecular weight excluding hydrogens is 430 g/mol. The third-order valence-electron chi connectivity index (χ3n) is 4.19. The molecule has 1 aliphatic rings. The highest BCUT2D eigenvalue weighted by atomic mass is 79.9. The third-order valence-corrected chi connectivity index (χ3v) is 5.62. The van der Waals surface area contributed by atoms with Gasteiger partial charge in [-0.05, 0) is 65.7 Å². The minimum atomic E-state index is -0.290. The van der Waals surface area contributed by atoms with E-state index in [1.54, 1.807) is 26.4 Å². The smallest absolute Gasteiger partial charge is 0.293 e. The zero-order valence-corrected chi connectivity index (χ0v) is 17.5. The Bertz CT molecular complexity index is 924. The number of carbonyl (C=O) groups is 2. The molecule has 5 nitrogen and oxygen atoms in total. The maximum atomic E-state index is 12.7. The predicted octanol–water partition coefficient (Wildman–Crippen LogP) is 5.01. The Morgan fingerprint density at radius 3 is 2.33 bits per heavy atom. The highest BCUT2D eigenvalue weighted by Gasteiger charge is 2.35. The molecule has 0 unspecified atom stereocenters. The molecule has 0 aromatic heterocycles. The van der Waals surface area contributed by atoms with Gasteiger partial charge in [0, 0.05) is 4.47 Å². The number of rotatable bonds is 5. The molecule has 27 heavy (non-hydrogen) atoms. The molecule has 2 amide bonds. The number of hydrogen-bond acceptors (Lipinski definition) is 5. The summed E-state index contributed by atoms with van der Waals surface area (Å²) in [4.78, 5) is 26.7. The number of thioether (sulfide) groups is 1. The van der Waals surface area contributed by atoms with Crippen molar-refractivity contribution in [1.82, 2.24) is 4.90 Å². The molecule has 7 heteroatoms. The first-order chi connectivity index (χ1) is 12.9. The Hall–Kier alpha value is -2.25. The zero-order valence-electron chi connectivity index (χ0n) is 15.1. The van der Waals surface area contributed by atoms with Crippen molar-refractivity contribution >= 4 is 44.9 Å². The average molecular weight is 448 g/mol. The lowest BCUT2D eigenvalue weighted by Crippen LogP contribution is -2.27. The van der Waals surface area contributed by atoms with Gasteiger partial charge in [0.2, 0.25) is 0 Å². The van der Waals surface area contributed by atoms with E-state index in [1.165, 1.54) is 4.90 Å². The van der Waals surface area contributed by atoms with E-state index in [0.717, 1.165) is 32.9 Å². The quantitative estimate of drug-likeness (QED) is 0.602. The summed E-state index contributed by atoms with van der Waals surface area (Å²) in [5, 5.41) is -0.271. The zero-order chi connectivity index (χ0) is 19.6. The maximum absolute atomic E-state index is 12.7. The number of carbonyl (C=O) groups excluding carboxylic acids is 2. The first kappa shape index (κ1) is 19.5. The SMILES string of the molecule is COc1cc(C)c(/C=C2\SC(=O)N(Cc3ccc(Br)cc3)C2=O)cc1OC. The van der Waals surface area contributed by atoms with Gasteiger partial charge >= 0.3 is 0 Å². The van der Waals surface area contributed by atoms with Crippen LogP contribution >= 0.6 is 27.7 Å². The van der Waals surface area contributed by atoms with Crippen molar-refractivity contribution in [3.8, 4) is 11.5 Å². The molecule has 1 saturated heterocycles. The van der Waals surface area contributed by atoms with Gasteiger partial charge in [0.05, 0.1) is 25.7 Å². The molecule has 0 spiro atoms. The van der Waals surface area contributed by atoms with Crippen LogP contribution in [0.5, 0.6) is 11.5 Å². The van der Waals surface area contributed by atoms with E-state index >= 15 is 0 Å². The summed E-state index contributed by atoms with van der Waals surface area (Å²) in [6.07, 6.45) is 1.73. The predicted molar refractivity (Wildman–Crippen MR) is 110 cm³/mol. The second kappa shape index (κ2) is 8.19. The Balaban J connectivity index is 1.87. The minimum absolute atomic E-state index is 0.250. The van der Waals surface area contributed by atoms with Crippen LogP contribution in [0.4, 0.5) is 4.79 Å². The van der Waals surface area contributed by atoms with Crippen molar-refractivity contribution in [2.75, 3.05) is 14.2 Å². The van der Waals surface area contributed by atoms with Crippen molar-refractivity contribution < 1.29 is 19.1 Å².